The third-order valence-corrected chi connectivity index (χ3v) is 4.71. The molecule has 8 heteroatoms. The molecule has 0 amide bonds. The molecule has 0 saturated heterocycles. The van der Waals surface area contributed by atoms with Gasteiger partial charge in [-0.15, -0.1) is 0 Å². The van der Waals surface area contributed by atoms with Crippen molar-refractivity contribution in [2.45, 2.75) is 24.3 Å². The van der Waals surface area contributed by atoms with Gasteiger partial charge in [-0.3, -0.25) is 14.9 Å². The third-order valence-electron chi connectivity index (χ3n) is 2.57. The van der Waals surface area contributed by atoms with Crippen LogP contribution in [0.1, 0.15) is 18.9 Å². The Morgan fingerprint density at radius 2 is 2.11 bits per heavy atom. The average Bonchev–Trinajstić information content (AvgIpc) is 2.28. The normalized spacial score (nSPS) is 12.9. The largest absolute Gasteiger partial charge is 0.480 e. The van der Waals surface area contributed by atoms with E-state index in [9.17, 15) is 23.3 Å². The zero-order valence-electron chi connectivity index (χ0n) is 10.1. The fourth-order valence-corrected chi connectivity index (χ4v) is 3.34. The number of sulfone groups is 1. The smallest absolute Gasteiger partial charge is 0.321 e. The summed E-state index contributed by atoms with van der Waals surface area (Å²) in [6.45, 7) is 1.46. The quantitative estimate of drug-likeness (QED) is 0.624. The predicted octanol–water partition coefficient (Wildman–Crippen LogP) is 1.37. The van der Waals surface area contributed by atoms with Gasteiger partial charge < -0.3 is 5.11 Å². The number of benzene rings is 1. The Bertz CT molecular complexity index is 595. The fourth-order valence-electron chi connectivity index (χ4n) is 1.67. The van der Waals surface area contributed by atoms with Crippen LogP contribution in [0.15, 0.2) is 24.3 Å². The molecule has 1 rings (SSSR count). The molecule has 0 spiro atoms. The molecule has 0 radical (unpaired) electrons. The summed E-state index contributed by atoms with van der Waals surface area (Å²) < 4.78 is 23.8. The highest BCUT2D eigenvalue weighted by molar-refractivity contribution is 7.92. The minimum atomic E-state index is -3.89. The van der Waals surface area contributed by atoms with Crippen molar-refractivity contribution in [1.82, 2.24) is 0 Å². The van der Waals surface area contributed by atoms with Gasteiger partial charge in [0.1, 0.15) is 0 Å². The molecule has 0 heterocycles. The van der Waals surface area contributed by atoms with E-state index < -0.39 is 31.7 Å². The first-order valence-electron chi connectivity index (χ1n) is 5.45. The van der Waals surface area contributed by atoms with Crippen molar-refractivity contribution in [3.8, 4) is 0 Å². The van der Waals surface area contributed by atoms with Gasteiger partial charge in [-0.25, -0.2) is 8.42 Å². The number of non-ortho nitro benzene ring substituents is 1. The summed E-state index contributed by atoms with van der Waals surface area (Å²) >= 11 is 0. The number of hydrogen-bond donors (Lipinski definition) is 1. The Labute approximate surface area is 109 Å². The highest BCUT2D eigenvalue weighted by Gasteiger charge is 2.30. The second-order valence-electron chi connectivity index (χ2n) is 3.97. The number of nitro benzene ring substituents is 1. The van der Waals surface area contributed by atoms with Crippen LogP contribution in [0.2, 0.25) is 0 Å². The van der Waals surface area contributed by atoms with E-state index in [2.05, 4.69) is 0 Å². The van der Waals surface area contributed by atoms with Gasteiger partial charge in [-0.1, -0.05) is 19.1 Å². The molecular formula is C11H13NO6S. The van der Waals surface area contributed by atoms with Crippen LogP contribution in [-0.4, -0.2) is 29.7 Å². The molecule has 7 nitrogen and oxygen atoms in total. The van der Waals surface area contributed by atoms with Crippen LogP contribution in [0.4, 0.5) is 5.69 Å². The lowest BCUT2D eigenvalue weighted by Crippen LogP contribution is -2.30. The number of nitrogens with zero attached hydrogens (tertiary/aromatic N) is 1. The molecule has 1 N–H and O–H groups in total. The Morgan fingerprint density at radius 3 is 2.58 bits per heavy atom. The number of aliphatic carboxylic acids is 1. The van der Waals surface area contributed by atoms with Gasteiger partial charge in [0, 0.05) is 12.1 Å². The minimum Gasteiger partial charge on any atom is -0.480 e. The second-order valence-corrected chi connectivity index (χ2v) is 6.15. The summed E-state index contributed by atoms with van der Waals surface area (Å²) in [4.78, 5) is 20.8. The molecule has 1 atom stereocenters. The zero-order chi connectivity index (χ0) is 14.6. The second kappa shape index (κ2) is 5.79. The van der Waals surface area contributed by atoms with E-state index in [1.54, 1.807) is 0 Å². The van der Waals surface area contributed by atoms with Crippen molar-refractivity contribution in [3.63, 3.8) is 0 Å². The lowest BCUT2D eigenvalue weighted by Gasteiger charge is -2.11. The first-order valence-corrected chi connectivity index (χ1v) is 7.17. The van der Waals surface area contributed by atoms with Crippen molar-refractivity contribution in [2.24, 2.45) is 0 Å². The van der Waals surface area contributed by atoms with Gasteiger partial charge >= 0.3 is 5.97 Å². The maximum Gasteiger partial charge on any atom is 0.321 e. The van der Waals surface area contributed by atoms with Crippen LogP contribution in [-0.2, 0) is 20.4 Å². The monoisotopic (exact) mass is 287 g/mol. The molecule has 1 aromatic carbocycles. The van der Waals surface area contributed by atoms with E-state index in [0.717, 1.165) is 6.07 Å². The van der Waals surface area contributed by atoms with E-state index in [1.165, 1.54) is 25.1 Å². The van der Waals surface area contributed by atoms with Crippen molar-refractivity contribution >= 4 is 21.5 Å². The summed E-state index contributed by atoms with van der Waals surface area (Å²) in [7, 11) is -3.89. The van der Waals surface area contributed by atoms with Crippen molar-refractivity contribution in [3.05, 3.63) is 39.9 Å². The third kappa shape index (κ3) is 3.75. The van der Waals surface area contributed by atoms with Crippen LogP contribution in [0, 0.1) is 10.1 Å². The molecule has 104 valence electrons. The topological polar surface area (TPSA) is 115 Å². The van der Waals surface area contributed by atoms with E-state index in [0.29, 0.717) is 0 Å². The zero-order valence-corrected chi connectivity index (χ0v) is 11.0. The standard InChI is InChI=1S/C11H13NO6S/c1-2-10(11(13)14)19(17,18)7-8-4-3-5-9(6-8)12(15)16/h3-6,10H,2,7H2,1H3,(H,13,14). The van der Waals surface area contributed by atoms with Crippen molar-refractivity contribution in [2.75, 3.05) is 0 Å². The molecular weight excluding hydrogens is 274 g/mol. The van der Waals surface area contributed by atoms with Gasteiger partial charge in [-0.2, -0.15) is 0 Å². The number of carbonyl (C=O) groups is 1. The van der Waals surface area contributed by atoms with Crippen LogP contribution in [0.5, 0.6) is 0 Å². The summed E-state index contributed by atoms with van der Waals surface area (Å²) in [5.41, 5.74) is -0.0232. The summed E-state index contributed by atoms with van der Waals surface area (Å²) in [6, 6.07) is 5.15. The molecule has 1 unspecified atom stereocenters. The highest BCUT2D eigenvalue weighted by atomic mass is 32.2. The van der Waals surface area contributed by atoms with E-state index in [1.807, 2.05) is 0 Å². The van der Waals surface area contributed by atoms with Gasteiger partial charge in [0.2, 0.25) is 0 Å². The molecule has 0 bridgehead atoms. The number of rotatable bonds is 6. The van der Waals surface area contributed by atoms with Crippen LogP contribution in [0.25, 0.3) is 0 Å². The maximum absolute atomic E-state index is 11.9. The van der Waals surface area contributed by atoms with Crippen molar-refractivity contribution in [1.29, 1.82) is 0 Å². The van der Waals surface area contributed by atoms with Crippen LogP contribution in [0.3, 0.4) is 0 Å². The van der Waals surface area contributed by atoms with E-state index in [-0.39, 0.29) is 17.7 Å². The summed E-state index contributed by atoms with van der Waals surface area (Å²) in [5.74, 6) is -1.94. The SMILES string of the molecule is CCC(C(=O)O)S(=O)(=O)Cc1cccc([N+](=O)[O-])c1. The molecule has 0 saturated carbocycles. The lowest BCUT2D eigenvalue weighted by molar-refractivity contribution is -0.384. The maximum atomic E-state index is 11.9. The predicted molar refractivity (Wildman–Crippen MR) is 67.4 cm³/mol. The Kier molecular flexibility index (Phi) is 4.60. The van der Waals surface area contributed by atoms with Gasteiger partial charge in [0.25, 0.3) is 5.69 Å². The van der Waals surface area contributed by atoms with Gasteiger partial charge in [-0.05, 0) is 12.0 Å². The Balaban J connectivity index is 3.04. The van der Waals surface area contributed by atoms with Crippen LogP contribution >= 0.6 is 0 Å². The molecule has 0 aliphatic rings. The minimum absolute atomic E-state index is 0.0490. The lowest BCUT2D eigenvalue weighted by atomic mass is 10.2. The first-order chi connectivity index (χ1) is 8.77. The molecule has 0 aromatic heterocycles. The Hall–Kier alpha value is -1.96. The molecule has 0 fully saturated rings. The summed E-state index contributed by atoms with van der Waals surface area (Å²) in [6.07, 6.45) is -0.0490. The van der Waals surface area contributed by atoms with E-state index >= 15 is 0 Å². The highest BCUT2D eigenvalue weighted by Crippen LogP contribution is 2.18. The molecule has 0 aliphatic carbocycles. The average molecular weight is 287 g/mol. The molecule has 0 aliphatic heterocycles. The summed E-state index contributed by atoms with van der Waals surface area (Å²) in [5, 5.41) is 17.9. The van der Waals surface area contributed by atoms with Gasteiger partial charge in [0.15, 0.2) is 15.1 Å². The number of carboxylic acids is 1. The van der Waals surface area contributed by atoms with Gasteiger partial charge in [0.05, 0.1) is 10.7 Å². The molecule has 19 heavy (non-hydrogen) atoms. The Morgan fingerprint density at radius 1 is 1.47 bits per heavy atom. The molecule has 1 aromatic rings. The first kappa shape index (κ1) is 15.1. The van der Waals surface area contributed by atoms with E-state index in [4.69, 9.17) is 5.11 Å². The van der Waals surface area contributed by atoms with Crippen molar-refractivity contribution < 1.29 is 23.2 Å². The number of hydrogen-bond acceptors (Lipinski definition) is 5. The number of nitro groups is 1. The van der Waals surface area contributed by atoms with Crippen LogP contribution < -0.4 is 0 Å². The number of carboxylic acid groups (broad SMARTS) is 1. The fraction of sp³-hybridized carbons (Fsp3) is 0.364.